The van der Waals surface area contributed by atoms with Crippen LogP contribution >= 0.6 is 11.3 Å². The summed E-state index contributed by atoms with van der Waals surface area (Å²) in [7, 11) is 0. The molecule has 3 nitrogen and oxygen atoms in total. The maximum atomic E-state index is 5.82. The third-order valence-corrected chi connectivity index (χ3v) is 4.81. The number of nitrogens with zero attached hydrogens (tertiary/aromatic N) is 1. The van der Waals surface area contributed by atoms with Crippen LogP contribution in [0, 0.1) is 0 Å². The van der Waals surface area contributed by atoms with E-state index in [9.17, 15) is 0 Å². The summed E-state index contributed by atoms with van der Waals surface area (Å²) < 4.78 is 0. The van der Waals surface area contributed by atoms with Gasteiger partial charge in [-0.15, -0.1) is 11.3 Å². The van der Waals surface area contributed by atoms with Crippen LogP contribution in [0.3, 0.4) is 0 Å². The smallest absolute Gasteiger partial charge is 0.136 e. The summed E-state index contributed by atoms with van der Waals surface area (Å²) in [6.45, 7) is 3.20. The van der Waals surface area contributed by atoms with Crippen LogP contribution in [-0.4, -0.2) is 12.4 Å². The molecular weight excluding hydrogens is 266 g/mol. The van der Waals surface area contributed by atoms with Crippen LogP contribution in [0.25, 0.3) is 0 Å². The van der Waals surface area contributed by atoms with Gasteiger partial charge in [-0.25, -0.2) is 4.99 Å². The number of unbranched alkanes of at least 4 members (excludes halogenated alkanes) is 5. The first kappa shape index (κ1) is 15.5. The fourth-order valence-corrected chi connectivity index (χ4v) is 3.51. The maximum absolute atomic E-state index is 5.82. The molecule has 0 spiro atoms. The third-order valence-electron chi connectivity index (χ3n) is 3.78. The zero-order valence-electron chi connectivity index (χ0n) is 12.5. The Kier molecular flexibility index (Phi) is 6.54. The number of hydrogen-bond acceptors (Lipinski definition) is 4. The summed E-state index contributed by atoms with van der Waals surface area (Å²) in [5.41, 5.74) is 7.28. The first-order chi connectivity index (χ1) is 9.79. The number of aryl methyl sites for hydroxylation is 1. The molecule has 0 amide bonds. The number of rotatable bonds is 8. The lowest BCUT2D eigenvalue weighted by Crippen LogP contribution is -2.31. The average Bonchev–Trinajstić information content (AvgIpc) is 2.91. The molecule has 1 unspecified atom stereocenters. The Labute approximate surface area is 126 Å². The number of nitrogens with one attached hydrogen (secondary N) is 1. The normalized spacial score (nSPS) is 19.1. The highest BCUT2D eigenvalue weighted by Crippen LogP contribution is 2.25. The molecule has 2 rings (SSSR count). The molecule has 20 heavy (non-hydrogen) atoms. The van der Waals surface area contributed by atoms with Gasteiger partial charge in [0.1, 0.15) is 6.17 Å². The minimum absolute atomic E-state index is 0.0899. The second kappa shape index (κ2) is 8.42. The summed E-state index contributed by atoms with van der Waals surface area (Å²) >= 11 is 1.80. The molecule has 0 fully saturated rings. The molecule has 2 heterocycles. The molecule has 1 atom stereocenters. The molecule has 1 aromatic heterocycles. The van der Waals surface area contributed by atoms with Gasteiger partial charge in [-0.3, -0.25) is 5.32 Å². The van der Waals surface area contributed by atoms with E-state index in [4.69, 9.17) is 5.73 Å². The zero-order valence-corrected chi connectivity index (χ0v) is 13.3. The number of thiophene rings is 1. The summed E-state index contributed by atoms with van der Waals surface area (Å²) in [5.74, 6) is 0.777. The van der Waals surface area contributed by atoms with E-state index in [1.54, 1.807) is 11.3 Å². The molecule has 1 aromatic rings. The molecule has 1 aliphatic heterocycles. The van der Waals surface area contributed by atoms with Crippen LogP contribution in [-0.2, 0) is 6.42 Å². The molecule has 0 saturated heterocycles. The predicted octanol–water partition coefficient (Wildman–Crippen LogP) is 4.00. The molecule has 1 aliphatic rings. The van der Waals surface area contributed by atoms with Crippen LogP contribution in [0.15, 0.2) is 16.4 Å². The lowest BCUT2D eigenvalue weighted by molar-refractivity contribution is 0.547. The van der Waals surface area contributed by atoms with Crippen molar-refractivity contribution in [3.05, 3.63) is 21.9 Å². The fourth-order valence-electron chi connectivity index (χ4n) is 2.56. The van der Waals surface area contributed by atoms with Gasteiger partial charge >= 0.3 is 0 Å². The number of aliphatic imine (C=N–C) groups is 1. The largest absolute Gasteiger partial charge is 0.387 e. The van der Waals surface area contributed by atoms with E-state index in [2.05, 4.69) is 28.7 Å². The van der Waals surface area contributed by atoms with Crippen LogP contribution in [0.1, 0.15) is 68.5 Å². The summed E-state index contributed by atoms with van der Waals surface area (Å²) in [6.07, 6.45) is 10.3. The molecule has 0 aliphatic carbocycles. The minimum Gasteiger partial charge on any atom is -0.387 e. The third kappa shape index (κ3) is 4.91. The van der Waals surface area contributed by atoms with E-state index in [1.807, 2.05) is 0 Å². The molecule has 0 aromatic carbocycles. The Bertz CT molecular complexity index is 425. The van der Waals surface area contributed by atoms with Crippen molar-refractivity contribution in [3.8, 4) is 0 Å². The standard InChI is InChI=1S/C16H27N3S/c1-2-3-4-5-6-7-8-13-11-14(20-12-13)16-18-10-9-15(17)19-16/h11-12,16,18H,2-10H2,1H3,(H2,17,19). The van der Waals surface area contributed by atoms with Crippen molar-refractivity contribution >= 4 is 17.2 Å². The number of hydrogen-bond donors (Lipinski definition) is 2. The Morgan fingerprint density at radius 1 is 1.30 bits per heavy atom. The summed E-state index contributed by atoms with van der Waals surface area (Å²) in [4.78, 5) is 5.79. The SMILES string of the molecule is CCCCCCCCc1csc(C2N=C(N)CCN2)c1. The van der Waals surface area contributed by atoms with Gasteiger partial charge in [0, 0.05) is 17.8 Å². The van der Waals surface area contributed by atoms with Gasteiger partial charge in [0.05, 0.1) is 5.84 Å². The monoisotopic (exact) mass is 293 g/mol. The van der Waals surface area contributed by atoms with Gasteiger partial charge in [-0.1, -0.05) is 39.0 Å². The molecule has 4 heteroatoms. The van der Waals surface area contributed by atoms with Gasteiger partial charge < -0.3 is 5.73 Å². The van der Waals surface area contributed by atoms with Crippen LogP contribution in [0.2, 0.25) is 0 Å². The second-order valence-corrected chi connectivity index (χ2v) is 6.54. The van der Waals surface area contributed by atoms with Crippen molar-refractivity contribution in [2.75, 3.05) is 6.54 Å². The summed E-state index contributed by atoms with van der Waals surface area (Å²) in [6, 6.07) is 2.30. The van der Waals surface area contributed by atoms with Gasteiger partial charge in [0.25, 0.3) is 0 Å². The number of amidine groups is 1. The minimum atomic E-state index is 0.0899. The average molecular weight is 293 g/mol. The maximum Gasteiger partial charge on any atom is 0.136 e. The van der Waals surface area contributed by atoms with Crippen LogP contribution in [0.4, 0.5) is 0 Å². The summed E-state index contributed by atoms with van der Waals surface area (Å²) in [5, 5.41) is 5.69. The van der Waals surface area contributed by atoms with Crippen LogP contribution < -0.4 is 11.1 Å². The van der Waals surface area contributed by atoms with E-state index in [1.165, 1.54) is 55.4 Å². The zero-order chi connectivity index (χ0) is 14.2. The first-order valence-corrected chi connectivity index (χ1v) is 8.80. The van der Waals surface area contributed by atoms with Gasteiger partial charge in [-0.05, 0) is 29.9 Å². The Morgan fingerprint density at radius 2 is 2.10 bits per heavy atom. The number of nitrogens with two attached hydrogens (primary N) is 1. The van der Waals surface area contributed by atoms with Gasteiger partial charge in [0.15, 0.2) is 0 Å². The highest BCUT2D eigenvalue weighted by atomic mass is 32.1. The van der Waals surface area contributed by atoms with Crippen molar-refractivity contribution in [2.45, 2.75) is 64.5 Å². The highest BCUT2D eigenvalue weighted by molar-refractivity contribution is 7.10. The van der Waals surface area contributed by atoms with Crippen LogP contribution in [0.5, 0.6) is 0 Å². The first-order valence-electron chi connectivity index (χ1n) is 7.92. The molecule has 0 bridgehead atoms. The molecule has 112 valence electrons. The van der Waals surface area contributed by atoms with Gasteiger partial charge in [0.2, 0.25) is 0 Å². The van der Waals surface area contributed by atoms with Crippen molar-refractivity contribution in [1.29, 1.82) is 0 Å². The van der Waals surface area contributed by atoms with Crippen molar-refractivity contribution in [1.82, 2.24) is 5.32 Å². The Morgan fingerprint density at radius 3 is 2.90 bits per heavy atom. The fraction of sp³-hybridized carbons (Fsp3) is 0.688. The van der Waals surface area contributed by atoms with E-state index in [-0.39, 0.29) is 6.17 Å². The van der Waals surface area contributed by atoms with E-state index >= 15 is 0 Å². The molecule has 3 N–H and O–H groups in total. The topological polar surface area (TPSA) is 50.4 Å². The Balaban J connectivity index is 1.73. The molecule has 0 saturated carbocycles. The molecular formula is C16H27N3S. The predicted molar refractivity (Wildman–Crippen MR) is 88.4 cm³/mol. The Hall–Kier alpha value is -0.870. The van der Waals surface area contributed by atoms with E-state index in [0.29, 0.717) is 0 Å². The second-order valence-electron chi connectivity index (χ2n) is 5.60. The van der Waals surface area contributed by atoms with Crippen molar-refractivity contribution < 1.29 is 0 Å². The van der Waals surface area contributed by atoms with Crippen molar-refractivity contribution in [2.24, 2.45) is 10.7 Å². The lowest BCUT2D eigenvalue weighted by Gasteiger charge is -2.18. The van der Waals surface area contributed by atoms with Gasteiger partial charge in [-0.2, -0.15) is 0 Å². The van der Waals surface area contributed by atoms with Crippen molar-refractivity contribution in [3.63, 3.8) is 0 Å². The lowest BCUT2D eigenvalue weighted by atomic mass is 10.1. The quantitative estimate of drug-likeness (QED) is 0.712. The highest BCUT2D eigenvalue weighted by Gasteiger charge is 2.16. The molecule has 0 radical (unpaired) electrons. The van der Waals surface area contributed by atoms with E-state index < -0.39 is 0 Å². The van der Waals surface area contributed by atoms with E-state index in [0.717, 1.165) is 18.8 Å².